The molecule has 0 radical (unpaired) electrons. The molecule has 1 heterocycles. The molecule has 3 aromatic rings. The van der Waals surface area contributed by atoms with Crippen molar-refractivity contribution in [2.75, 3.05) is 26.2 Å². The zero-order chi connectivity index (χ0) is 31.9. The number of rotatable bonds is 7. The maximum Gasteiger partial charge on any atom is 0.269 e. The van der Waals surface area contributed by atoms with Crippen molar-refractivity contribution in [2.45, 2.75) is 39.5 Å². The van der Waals surface area contributed by atoms with Crippen LogP contribution < -0.4 is 19.1 Å². The van der Waals surface area contributed by atoms with Crippen LogP contribution in [0.1, 0.15) is 49.3 Å². The first-order chi connectivity index (χ1) is 20.9. The number of hydrogen-bond donors (Lipinski definition) is 2. The number of allylic oxidation sites excluding steroid dienone is 2. The lowest BCUT2D eigenvalue weighted by molar-refractivity contribution is -0.384. The van der Waals surface area contributed by atoms with E-state index in [9.17, 15) is 25.4 Å². The first-order valence-electron chi connectivity index (χ1n) is 14.1. The molecule has 0 saturated carbocycles. The summed E-state index contributed by atoms with van der Waals surface area (Å²) < 4.78 is 16.8. The van der Waals surface area contributed by atoms with Gasteiger partial charge in [0.15, 0.2) is 17.3 Å². The Kier molecular flexibility index (Phi) is 7.94. The maximum absolute atomic E-state index is 14.2. The van der Waals surface area contributed by atoms with E-state index in [4.69, 9.17) is 14.2 Å². The Morgan fingerprint density at radius 1 is 1.00 bits per heavy atom. The van der Waals surface area contributed by atoms with E-state index < -0.39 is 16.3 Å². The molecule has 228 valence electrons. The van der Waals surface area contributed by atoms with E-state index in [0.717, 1.165) is 0 Å². The number of aliphatic hydroxyl groups excluding tert-OH is 1. The number of benzene rings is 3. The van der Waals surface area contributed by atoms with E-state index in [1.54, 1.807) is 54.3 Å². The molecule has 0 saturated heterocycles. The van der Waals surface area contributed by atoms with Crippen molar-refractivity contribution in [3.8, 4) is 17.2 Å². The molecular weight excluding hydrogens is 562 g/mol. The van der Waals surface area contributed by atoms with Crippen LogP contribution in [0.4, 0.5) is 11.4 Å². The third-order valence-corrected chi connectivity index (χ3v) is 8.18. The summed E-state index contributed by atoms with van der Waals surface area (Å²) in [5.41, 5.74) is 2.85. The Bertz CT molecular complexity index is 1720. The first-order valence-corrected chi connectivity index (χ1v) is 14.1. The van der Waals surface area contributed by atoms with E-state index in [2.05, 4.69) is 0 Å². The van der Waals surface area contributed by atoms with Gasteiger partial charge in [-0.25, -0.2) is 0 Å². The Labute approximate surface area is 255 Å². The fourth-order valence-electron chi connectivity index (χ4n) is 6.24. The molecule has 1 aliphatic carbocycles. The van der Waals surface area contributed by atoms with Crippen molar-refractivity contribution in [1.82, 2.24) is 0 Å². The number of aliphatic hydroxyl groups is 1. The average molecular weight is 598 g/mol. The minimum atomic E-state index is -0.857. The summed E-state index contributed by atoms with van der Waals surface area (Å²) in [6, 6.07) is 16.8. The van der Waals surface area contributed by atoms with Crippen LogP contribution in [-0.2, 0) is 4.79 Å². The molecule has 0 bridgehead atoms. The van der Waals surface area contributed by atoms with Gasteiger partial charge in [0.1, 0.15) is 11.6 Å². The third kappa shape index (κ3) is 5.16. The van der Waals surface area contributed by atoms with Gasteiger partial charge in [-0.2, -0.15) is 0 Å². The molecule has 0 aromatic heterocycles. The number of carbonyl (C=O) groups excluding carboxylic acids is 1. The Hall–Kier alpha value is -5.12. The second-order valence-corrected chi connectivity index (χ2v) is 11.7. The highest BCUT2D eigenvalue weighted by Crippen LogP contribution is 2.53. The third-order valence-electron chi connectivity index (χ3n) is 8.18. The van der Waals surface area contributed by atoms with Crippen molar-refractivity contribution in [3.63, 3.8) is 0 Å². The van der Waals surface area contributed by atoms with Crippen LogP contribution in [0.3, 0.4) is 0 Å². The normalized spacial score (nSPS) is 19.0. The molecule has 3 aromatic carbocycles. The number of non-ortho nitro benzene ring substituents is 1. The predicted molar refractivity (Wildman–Crippen MR) is 168 cm³/mol. The predicted octanol–water partition coefficient (Wildman–Crippen LogP) is 7.12. The number of aryl methyl sites for hydroxylation is 1. The number of amidine groups is 1. The molecule has 1 aliphatic heterocycles. The summed E-state index contributed by atoms with van der Waals surface area (Å²) in [5, 5.41) is 33.1. The van der Waals surface area contributed by atoms with Crippen molar-refractivity contribution < 1.29 is 29.0 Å². The Morgan fingerprint density at radius 2 is 1.64 bits per heavy atom. The number of methoxy groups -OCH3 is 3. The Morgan fingerprint density at radius 3 is 2.18 bits per heavy atom. The molecule has 10 nitrogen and oxygen atoms in total. The number of nitro groups is 1. The van der Waals surface area contributed by atoms with Crippen LogP contribution in [0.15, 0.2) is 77.5 Å². The number of ketones is 1. The number of Topliss-reactive ketones (excluding diaryl/α,β-unsaturated/α-hetero) is 1. The zero-order valence-electron chi connectivity index (χ0n) is 25.6. The molecular formula is C34H35N3O7. The fourth-order valence-corrected chi connectivity index (χ4v) is 6.24. The smallest absolute Gasteiger partial charge is 0.269 e. The summed E-state index contributed by atoms with van der Waals surface area (Å²) in [5.74, 6) is -0.0852. The maximum atomic E-state index is 14.2. The second-order valence-electron chi connectivity index (χ2n) is 11.7. The molecule has 1 atom stereocenters. The lowest BCUT2D eigenvalue weighted by Gasteiger charge is -2.45. The van der Waals surface area contributed by atoms with E-state index >= 15 is 0 Å². The number of hydrogen-bond acceptors (Lipinski definition) is 8. The first kappa shape index (κ1) is 30.3. The number of nitro benzene ring substituents is 1. The molecule has 2 aliphatic rings. The minimum absolute atomic E-state index is 0.0497. The second kappa shape index (κ2) is 11.5. The van der Waals surface area contributed by atoms with E-state index in [0.29, 0.717) is 57.3 Å². The van der Waals surface area contributed by atoms with Gasteiger partial charge in [-0.05, 0) is 48.1 Å². The number of carbonyl (C=O) groups is 1. The molecule has 44 heavy (non-hydrogen) atoms. The zero-order valence-corrected chi connectivity index (χ0v) is 25.6. The quantitative estimate of drug-likeness (QED) is 0.167. The lowest BCUT2D eigenvalue weighted by Crippen LogP contribution is -2.45. The summed E-state index contributed by atoms with van der Waals surface area (Å²) in [6.45, 7) is 5.73. The molecule has 5 rings (SSSR count). The van der Waals surface area contributed by atoms with Crippen molar-refractivity contribution in [2.24, 2.45) is 5.41 Å². The summed E-state index contributed by atoms with van der Waals surface area (Å²) in [4.78, 5) is 27.0. The van der Waals surface area contributed by atoms with E-state index in [1.165, 1.54) is 33.5 Å². The number of nitrogens with one attached hydrogen (secondary N) is 1. The van der Waals surface area contributed by atoms with Gasteiger partial charge in [0.2, 0.25) is 5.75 Å². The monoisotopic (exact) mass is 597 g/mol. The number of nitrogens with zero attached hydrogens (tertiary/aromatic N) is 2. The summed E-state index contributed by atoms with van der Waals surface area (Å²) >= 11 is 0. The van der Waals surface area contributed by atoms with Crippen molar-refractivity contribution in [1.29, 1.82) is 5.41 Å². The van der Waals surface area contributed by atoms with Crippen LogP contribution >= 0.6 is 0 Å². The molecule has 0 fully saturated rings. The highest BCUT2D eigenvalue weighted by molar-refractivity contribution is 6.20. The van der Waals surface area contributed by atoms with Gasteiger partial charge in [-0.1, -0.05) is 44.2 Å². The van der Waals surface area contributed by atoms with E-state index in [1.807, 2.05) is 19.9 Å². The summed E-state index contributed by atoms with van der Waals surface area (Å²) in [7, 11) is 4.50. The standard InChI is InChI=1S/C34H35N3O7/c1-19-14-22(37(40)41)12-13-23(19)36-24-17-34(2,3)18-25(38)29(24)28(21-15-26(42-4)32(44-6)27(16-21)43-5)30(33(36)35)31(39)20-10-8-7-9-11-20/h7-16,28,35,39H,17-18H2,1-6H3/t28-/m1/s1. The van der Waals surface area contributed by atoms with Crippen molar-refractivity contribution >= 4 is 28.8 Å². The van der Waals surface area contributed by atoms with Gasteiger partial charge in [-0.3, -0.25) is 25.2 Å². The van der Waals surface area contributed by atoms with Gasteiger partial charge in [0, 0.05) is 46.9 Å². The van der Waals surface area contributed by atoms with Crippen LogP contribution in [0.2, 0.25) is 0 Å². The average Bonchev–Trinajstić information content (AvgIpc) is 2.99. The minimum Gasteiger partial charge on any atom is -0.507 e. The van der Waals surface area contributed by atoms with Crippen LogP contribution in [0.25, 0.3) is 5.76 Å². The fraction of sp³-hybridized carbons (Fsp3) is 0.294. The van der Waals surface area contributed by atoms with Gasteiger partial charge >= 0.3 is 0 Å². The van der Waals surface area contributed by atoms with Crippen LogP contribution in [0, 0.1) is 27.9 Å². The largest absolute Gasteiger partial charge is 0.507 e. The van der Waals surface area contributed by atoms with Gasteiger partial charge < -0.3 is 19.3 Å². The molecule has 2 N–H and O–H groups in total. The molecule has 0 unspecified atom stereocenters. The van der Waals surface area contributed by atoms with Gasteiger partial charge in [0.25, 0.3) is 5.69 Å². The number of ether oxygens (including phenoxy) is 3. The van der Waals surface area contributed by atoms with E-state index in [-0.39, 0.29) is 35.1 Å². The van der Waals surface area contributed by atoms with Crippen LogP contribution in [-0.4, -0.2) is 43.0 Å². The Balaban J connectivity index is 1.90. The molecule has 0 spiro atoms. The highest BCUT2D eigenvalue weighted by Gasteiger charge is 2.47. The molecule has 10 heteroatoms. The van der Waals surface area contributed by atoms with Crippen molar-refractivity contribution in [3.05, 3.63) is 104 Å². The van der Waals surface area contributed by atoms with Gasteiger partial charge in [-0.15, -0.1) is 0 Å². The summed E-state index contributed by atoms with van der Waals surface area (Å²) in [6.07, 6.45) is 0.708. The molecule has 0 amide bonds. The topological polar surface area (TPSA) is 135 Å². The van der Waals surface area contributed by atoms with Gasteiger partial charge in [0.05, 0.1) is 31.9 Å². The van der Waals surface area contributed by atoms with Crippen LogP contribution in [0.5, 0.6) is 17.2 Å². The highest BCUT2D eigenvalue weighted by atomic mass is 16.6. The number of anilines is 1. The lowest BCUT2D eigenvalue weighted by atomic mass is 9.67. The SMILES string of the molecule is COc1cc([C@H]2C(=C(O)c3ccccc3)C(=N)N(c3ccc([N+](=O)[O-])cc3C)C3=C2C(=O)CC(C)(C)C3)cc(OC)c1OC.